The minimum atomic E-state index is 0.0783. The fourth-order valence-corrected chi connectivity index (χ4v) is 2.17. The quantitative estimate of drug-likeness (QED) is 0.321. The first kappa shape index (κ1) is 14.0. The number of methoxy groups -OCH3 is 1. The maximum absolute atomic E-state index is 5.44. The zero-order valence-electron chi connectivity index (χ0n) is 10.4. The van der Waals surface area contributed by atoms with Gasteiger partial charge in [0.1, 0.15) is 0 Å². The van der Waals surface area contributed by atoms with Crippen LogP contribution in [-0.2, 0) is 4.74 Å². The van der Waals surface area contributed by atoms with E-state index in [1.54, 1.807) is 18.4 Å². The van der Waals surface area contributed by atoms with Crippen molar-refractivity contribution in [1.29, 1.82) is 0 Å². The van der Waals surface area contributed by atoms with Crippen molar-refractivity contribution in [3.05, 3.63) is 22.4 Å². The van der Waals surface area contributed by atoms with Gasteiger partial charge in [-0.1, -0.05) is 0 Å². The van der Waals surface area contributed by atoms with Gasteiger partial charge in [0.15, 0.2) is 0 Å². The van der Waals surface area contributed by atoms with Gasteiger partial charge in [-0.2, -0.15) is 11.3 Å². The Labute approximate surface area is 106 Å². The Morgan fingerprint density at radius 3 is 2.88 bits per heavy atom. The number of hydrogen-bond acceptors (Lipinski definition) is 4. The second-order valence-corrected chi connectivity index (χ2v) is 4.64. The van der Waals surface area contributed by atoms with Crippen molar-refractivity contribution >= 4 is 17.3 Å². The van der Waals surface area contributed by atoms with Gasteiger partial charge in [-0.3, -0.25) is 5.43 Å². The minimum absolute atomic E-state index is 0.0783. The molecular weight excluding hydrogens is 236 g/mol. The Bertz CT molecular complexity index is 339. The van der Waals surface area contributed by atoms with Crippen LogP contribution in [0.5, 0.6) is 0 Å². The maximum atomic E-state index is 5.44. The van der Waals surface area contributed by atoms with E-state index in [0.717, 1.165) is 0 Å². The van der Waals surface area contributed by atoms with Crippen LogP contribution in [0.3, 0.4) is 0 Å². The predicted molar refractivity (Wildman–Crippen MR) is 72.0 cm³/mol. The van der Waals surface area contributed by atoms with Crippen molar-refractivity contribution in [1.82, 2.24) is 10.7 Å². The molecule has 2 atom stereocenters. The first-order chi connectivity index (χ1) is 8.17. The Morgan fingerprint density at radius 2 is 2.35 bits per heavy atom. The molecule has 0 amide bonds. The molecule has 0 aliphatic heterocycles. The summed E-state index contributed by atoms with van der Waals surface area (Å²) in [4.78, 5) is 4.48. The zero-order chi connectivity index (χ0) is 12.7. The van der Waals surface area contributed by atoms with Crippen molar-refractivity contribution in [2.75, 3.05) is 13.7 Å². The lowest BCUT2D eigenvalue weighted by Gasteiger charge is -2.17. The molecule has 2 unspecified atom stereocenters. The number of ether oxygens (including phenoxy) is 1. The number of rotatable bonds is 5. The van der Waals surface area contributed by atoms with Gasteiger partial charge >= 0.3 is 0 Å². The van der Waals surface area contributed by atoms with Crippen LogP contribution < -0.4 is 16.6 Å². The van der Waals surface area contributed by atoms with Crippen molar-refractivity contribution < 1.29 is 4.74 Å². The molecule has 0 radical (unpaired) electrons. The van der Waals surface area contributed by atoms with Crippen molar-refractivity contribution in [3.8, 4) is 0 Å². The number of guanidine groups is 1. The molecule has 17 heavy (non-hydrogen) atoms. The fraction of sp³-hybridized carbons (Fsp3) is 0.545. The zero-order valence-corrected chi connectivity index (χ0v) is 11.3. The number of thiophene rings is 1. The summed E-state index contributed by atoms with van der Waals surface area (Å²) < 4.78 is 5.04. The Kier molecular flexibility index (Phi) is 5.96. The molecule has 0 bridgehead atoms. The summed E-state index contributed by atoms with van der Waals surface area (Å²) in [6, 6.07) is 2.30. The second-order valence-electron chi connectivity index (χ2n) is 3.86. The first-order valence-electron chi connectivity index (χ1n) is 5.49. The molecule has 0 aliphatic rings. The van der Waals surface area contributed by atoms with E-state index in [1.807, 2.05) is 19.2 Å². The summed E-state index contributed by atoms with van der Waals surface area (Å²) in [5, 5.41) is 7.28. The fourth-order valence-electron chi connectivity index (χ4n) is 1.42. The number of hydrogen-bond donors (Lipinski definition) is 3. The molecule has 0 aliphatic carbocycles. The topological polar surface area (TPSA) is 71.7 Å². The van der Waals surface area contributed by atoms with Crippen molar-refractivity contribution in [3.63, 3.8) is 0 Å². The average molecular weight is 256 g/mol. The number of aliphatic imine (C=N–C) groups is 1. The Morgan fingerprint density at radius 1 is 1.59 bits per heavy atom. The minimum Gasteiger partial charge on any atom is -0.383 e. The molecule has 1 heterocycles. The second kappa shape index (κ2) is 7.26. The highest BCUT2D eigenvalue weighted by Gasteiger charge is 2.08. The van der Waals surface area contributed by atoms with Crippen LogP contribution in [-0.4, -0.2) is 25.7 Å². The number of nitrogens with two attached hydrogens (primary N) is 1. The lowest BCUT2D eigenvalue weighted by Crippen LogP contribution is -2.47. The lowest BCUT2D eigenvalue weighted by molar-refractivity contribution is 0.179. The van der Waals surface area contributed by atoms with E-state index >= 15 is 0 Å². The van der Waals surface area contributed by atoms with E-state index in [1.165, 1.54) is 5.56 Å². The molecule has 1 rings (SSSR count). The largest absolute Gasteiger partial charge is 0.383 e. The standard InChI is InChI=1S/C11H20N4OS/c1-8(6-16-3)13-11(15-12)14-9(2)10-4-5-17-7-10/h4-5,7-9H,6,12H2,1-3H3,(H2,13,14,15). The predicted octanol–water partition coefficient (Wildman–Crippen LogP) is 1.25. The lowest BCUT2D eigenvalue weighted by atomic mass is 10.2. The molecule has 0 aromatic carbocycles. The molecule has 5 nitrogen and oxygen atoms in total. The van der Waals surface area contributed by atoms with Crippen molar-refractivity contribution in [2.45, 2.75) is 25.9 Å². The van der Waals surface area contributed by atoms with Crippen LogP contribution in [0.2, 0.25) is 0 Å². The third kappa shape index (κ3) is 4.72. The summed E-state index contributed by atoms with van der Waals surface area (Å²) >= 11 is 1.66. The average Bonchev–Trinajstić information content (AvgIpc) is 2.81. The molecule has 1 aromatic heterocycles. The highest BCUT2D eigenvalue weighted by atomic mass is 32.1. The van der Waals surface area contributed by atoms with Gasteiger partial charge < -0.3 is 10.1 Å². The van der Waals surface area contributed by atoms with Gasteiger partial charge in [-0.25, -0.2) is 10.8 Å². The third-order valence-corrected chi connectivity index (χ3v) is 2.99. The van der Waals surface area contributed by atoms with Crippen LogP contribution in [0, 0.1) is 0 Å². The van der Waals surface area contributed by atoms with Gasteiger partial charge in [0.05, 0.1) is 12.6 Å². The summed E-state index contributed by atoms with van der Waals surface area (Å²) in [5.74, 6) is 6.01. The summed E-state index contributed by atoms with van der Waals surface area (Å²) in [6.07, 6.45) is 0. The molecule has 96 valence electrons. The first-order valence-corrected chi connectivity index (χ1v) is 6.43. The van der Waals surface area contributed by atoms with Gasteiger partial charge in [0, 0.05) is 13.2 Å². The highest BCUT2D eigenvalue weighted by Crippen LogP contribution is 2.18. The van der Waals surface area contributed by atoms with Crippen LogP contribution in [0.1, 0.15) is 25.5 Å². The molecule has 0 saturated heterocycles. The van der Waals surface area contributed by atoms with Crippen LogP contribution >= 0.6 is 11.3 Å². The van der Waals surface area contributed by atoms with Crippen LogP contribution in [0.15, 0.2) is 21.8 Å². The van der Waals surface area contributed by atoms with E-state index in [-0.39, 0.29) is 12.1 Å². The number of hydrazine groups is 1. The molecular formula is C11H20N4OS. The monoisotopic (exact) mass is 256 g/mol. The van der Waals surface area contributed by atoms with E-state index in [4.69, 9.17) is 10.6 Å². The van der Waals surface area contributed by atoms with Gasteiger partial charge in [0.25, 0.3) is 0 Å². The summed E-state index contributed by atoms with van der Waals surface area (Å²) in [6.45, 7) is 4.64. The molecule has 0 spiro atoms. The van der Waals surface area contributed by atoms with Crippen molar-refractivity contribution in [2.24, 2.45) is 10.8 Å². The summed E-state index contributed by atoms with van der Waals surface area (Å²) in [7, 11) is 1.67. The van der Waals surface area contributed by atoms with Gasteiger partial charge in [0.2, 0.25) is 5.96 Å². The van der Waals surface area contributed by atoms with Crippen LogP contribution in [0.4, 0.5) is 0 Å². The van der Waals surface area contributed by atoms with Gasteiger partial charge in [-0.15, -0.1) is 0 Å². The van der Waals surface area contributed by atoms with Crippen LogP contribution in [0.25, 0.3) is 0 Å². The Balaban J connectivity index is 2.60. The molecule has 4 N–H and O–H groups in total. The number of nitrogens with zero attached hydrogens (tertiary/aromatic N) is 1. The maximum Gasteiger partial charge on any atom is 0.206 e. The normalized spacial score (nSPS) is 15.4. The van der Waals surface area contributed by atoms with E-state index in [9.17, 15) is 0 Å². The Hall–Kier alpha value is -1.11. The third-order valence-electron chi connectivity index (χ3n) is 2.28. The SMILES string of the molecule is COCC(C)NC(=NC(C)c1ccsc1)NN. The molecule has 0 saturated carbocycles. The number of nitrogens with one attached hydrogen (secondary N) is 2. The van der Waals surface area contributed by atoms with Gasteiger partial charge in [-0.05, 0) is 36.2 Å². The molecule has 0 fully saturated rings. The highest BCUT2D eigenvalue weighted by molar-refractivity contribution is 7.07. The van der Waals surface area contributed by atoms with E-state index < -0.39 is 0 Å². The summed E-state index contributed by atoms with van der Waals surface area (Å²) in [5.41, 5.74) is 3.76. The molecule has 6 heteroatoms. The molecule has 1 aromatic rings. The smallest absolute Gasteiger partial charge is 0.206 e. The van der Waals surface area contributed by atoms with E-state index in [0.29, 0.717) is 12.6 Å². The van der Waals surface area contributed by atoms with E-state index in [2.05, 4.69) is 27.2 Å².